The van der Waals surface area contributed by atoms with E-state index in [2.05, 4.69) is 6.92 Å². The molecule has 1 aromatic carbocycles. The molecular weight excluding hydrogens is 312 g/mol. The lowest BCUT2D eigenvalue weighted by Crippen LogP contribution is -2.50. The number of hydrogen-bond acceptors (Lipinski definition) is 2. The van der Waals surface area contributed by atoms with Crippen molar-refractivity contribution in [2.24, 2.45) is 5.92 Å². The third kappa shape index (κ3) is 4.42. The van der Waals surface area contributed by atoms with Crippen LogP contribution >= 0.6 is 0 Å². The number of carbonyl (C=O) groups is 2. The Bertz CT molecular complexity index is 627. The highest BCUT2D eigenvalue weighted by molar-refractivity contribution is 5.94. The molecule has 1 aliphatic heterocycles. The van der Waals surface area contributed by atoms with Crippen LogP contribution in [-0.4, -0.2) is 47.8 Å². The highest BCUT2D eigenvalue weighted by Gasteiger charge is 2.25. The summed E-state index contributed by atoms with van der Waals surface area (Å²) in [6.45, 7) is 6.70. The highest BCUT2D eigenvalue weighted by Crippen LogP contribution is 2.28. The summed E-state index contributed by atoms with van der Waals surface area (Å²) in [5, 5.41) is 0. The first kappa shape index (κ1) is 18.0. The minimum absolute atomic E-state index is 0.0844. The summed E-state index contributed by atoms with van der Waals surface area (Å²) in [7, 11) is 0. The van der Waals surface area contributed by atoms with E-state index >= 15 is 0 Å². The predicted octanol–water partition coefficient (Wildman–Crippen LogP) is 3.56. The van der Waals surface area contributed by atoms with Crippen molar-refractivity contribution < 1.29 is 9.59 Å². The van der Waals surface area contributed by atoms with Crippen molar-refractivity contribution in [1.29, 1.82) is 0 Å². The van der Waals surface area contributed by atoms with E-state index in [0.717, 1.165) is 23.5 Å². The fourth-order valence-electron chi connectivity index (χ4n) is 4.00. The van der Waals surface area contributed by atoms with Crippen LogP contribution in [0.2, 0.25) is 0 Å². The summed E-state index contributed by atoms with van der Waals surface area (Å²) in [5.74, 6) is 1.11. The van der Waals surface area contributed by atoms with Gasteiger partial charge >= 0.3 is 0 Å². The maximum atomic E-state index is 12.7. The first-order valence-electron chi connectivity index (χ1n) is 9.69. The van der Waals surface area contributed by atoms with Gasteiger partial charge in [-0.25, -0.2) is 0 Å². The van der Waals surface area contributed by atoms with Gasteiger partial charge < -0.3 is 9.80 Å². The minimum Gasteiger partial charge on any atom is -0.339 e. The number of piperazine rings is 1. The number of hydrogen-bond donors (Lipinski definition) is 0. The maximum absolute atomic E-state index is 12.7. The second-order valence-corrected chi connectivity index (χ2v) is 7.66. The van der Waals surface area contributed by atoms with Gasteiger partial charge in [0.05, 0.1) is 0 Å². The van der Waals surface area contributed by atoms with Crippen LogP contribution in [0.3, 0.4) is 0 Å². The van der Waals surface area contributed by atoms with Crippen LogP contribution in [0.4, 0.5) is 0 Å². The topological polar surface area (TPSA) is 40.6 Å². The van der Waals surface area contributed by atoms with E-state index in [1.54, 1.807) is 0 Å². The zero-order chi connectivity index (χ0) is 17.8. The van der Waals surface area contributed by atoms with E-state index in [9.17, 15) is 9.59 Å². The lowest BCUT2D eigenvalue weighted by atomic mass is 10.0. The molecule has 1 aliphatic carbocycles. The van der Waals surface area contributed by atoms with Crippen LogP contribution in [0.5, 0.6) is 0 Å². The average Bonchev–Trinajstić information content (AvgIpc) is 3.15. The molecule has 0 unspecified atom stereocenters. The molecule has 25 heavy (non-hydrogen) atoms. The molecule has 2 amide bonds. The van der Waals surface area contributed by atoms with E-state index in [0.29, 0.717) is 32.6 Å². The molecule has 1 heterocycles. The quantitative estimate of drug-likeness (QED) is 0.839. The number of benzene rings is 1. The van der Waals surface area contributed by atoms with E-state index < -0.39 is 0 Å². The number of carbonyl (C=O) groups excluding carboxylic acids is 2. The van der Waals surface area contributed by atoms with Gasteiger partial charge in [0.15, 0.2) is 0 Å². The molecule has 1 aromatic rings. The molecule has 0 atom stereocenters. The Balaban J connectivity index is 1.48. The van der Waals surface area contributed by atoms with E-state index in [-0.39, 0.29) is 11.8 Å². The molecular formula is C21H30N2O2. The summed E-state index contributed by atoms with van der Waals surface area (Å²) < 4.78 is 0. The van der Waals surface area contributed by atoms with Crippen molar-refractivity contribution in [3.63, 3.8) is 0 Å². The molecule has 1 saturated carbocycles. The van der Waals surface area contributed by atoms with Gasteiger partial charge in [-0.2, -0.15) is 0 Å². The van der Waals surface area contributed by atoms with E-state index in [1.165, 1.54) is 31.2 Å². The van der Waals surface area contributed by atoms with Gasteiger partial charge in [0.2, 0.25) is 5.91 Å². The molecule has 1 saturated heterocycles. The largest absolute Gasteiger partial charge is 0.339 e. The molecule has 0 N–H and O–H groups in total. The molecule has 2 fully saturated rings. The summed E-state index contributed by atoms with van der Waals surface area (Å²) in [5.41, 5.74) is 3.10. The summed E-state index contributed by atoms with van der Waals surface area (Å²) in [6.07, 6.45) is 6.98. The highest BCUT2D eigenvalue weighted by atomic mass is 16.2. The molecule has 0 aromatic heterocycles. The monoisotopic (exact) mass is 342 g/mol. The van der Waals surface area contributed by atoms with Gasteiger partial charge in [0, 0.05) is 38.2 Å². The van der Waals surface area contributed by atoms with Gasteiger partial charge in [-0.3, -0.25) is 9.59 Å². The summed E-state index contributed by atoms with van der Waals surface area (Å²) in [6, 6.07) is 5.88. The zero-order valence-corrected chi connectivity index (χ0v) is 15.6. The van der Waals surface area contributed by atoms with Crippen molar-refractivity contribution in [3.05, 3.63) is 34.9 Å². The molecule has 0 spiro atoms. The second-order valence-electron chi connectivity index (χ2n) is 7.66. The molecule has 0 bridgehead atoms. The van der Waals surface area contributed by atoms with Crippen LogP contribution in [-0.2, 0) is 4.79 Å². The van der Waals surface area contributed by atoms with Crippen molar-refractivity contribution in [1.82, 2.24) is 9.80 Å². The fraction of sp³-hybridized carbons (Fsp3) is 0.619. The Hall–Kier alpha value is -1.84. The molecule has 2 aliphatic rings. The van der Waals surface area contributed by atoms with E-state index in [4.69, 9.17) is 0 Å². The van der Waals surface area contributed by atoms with Crippen molar-refractivity contribution in [2.45, 2.75) is 52.4 Å². The molecule has 0 radical (unpaired) electrons. The van der Waals surface area contributed by atoms with Gasteiger partial charge in [-0.1, -0.05) is 31.7 Å². The SMILES string of the molecule is Cc1ccc(C(=O)N2CCN(C(=O)CCC3CCCC3)CC2)cc1C. The van der Waals surface area contributed by atoms with Crippen LogP contribution in [0.25, 0.3) is 0 Å². The zero-order valence-electron chi connectivity index (χ0n) is 15.6. The van der Waals surface area contributed by atoms with Crippen LogP contribution in [0.1, 0.15) is 60.0 Å². The van der Waals surface area contributed by atoms with Gasteiger partial charge in [0.1, 0.15) is 0 Å². The average molecular weight is 342 g/mol. The number of aryl methyl sites for hydroxylation is 2. The summed E-state index contributed by atoms with van der Waals surface area (Å²) >= 11 is 0. The normalized spacial score (nSPS) is 18.6. The van der Waals surface area contributed by atoms with Crippen LogP contribution in [0, 0.1) is 19.8 Å². The van der Waals surface area contributed by atoms with Gasteiger partial charge in [0.25, 0.3) is 5.91 Å². The first-order chi connectivity index (χ1) is 12.0. The first-order valence-corrected chi connectivity index (χ1v) is 9.69. The Labute approximate surface area is 151 Å². The van der Waals surface area contributed by atoms with Crippen LogP contribution in [0.15, 0.2) is 18.2 Å². The minimum atomic E-state index is 0.0844. The van der Waals surface area contributed by atoms with Crippen molar-refractivity contribution in [3.8, 4) is 0 Å². The molecule has 4 nitrogen and oxygen atoms in total. The number of nitrogens with zero attached hydrogens (tertiary/aromatic N) is 2. The van der Waals surface area contributed by atoms with Gasteiger partial charge in [-0.05, 0) is 49.4 Å². The van der Waals surface area contributed by atoms with Gasteiger partial charge in [-0.15, -0.1) is 0 Å². The number of rotatable bonds is 4. The predicted molar refractivity (Wildman–Crippen MR) is 99.6 cm³/mol. The Morgan fingerprint density at radius 1 is 0.960 bits per heavy atom. The molecule has 4 heteroatoms. The Morgan fingerprint density at radius 3 is 2.24 bits per heavy atom. The Kier molecular flexibility index (Phi) is 5.77. The number of amides is 2. The van der Waals surface area contributed by atoms with Crippen molar-refractivity contribution in [2.75, 3.05) is 26.2 Å². The molecule has 3 rings (SSSR count). The summed E-state index contributed by atoms with van der Waals surface area (Å²) in [4.78, 5) is 28.9. The Morgan fingerprint density at radius 2 is 1.60 bits per heavy atom. The standard InChI is InChI=1S/C21H30N2O2/c1-16-7-9-19(15-17(16)2)21(25)23-13-11-22(12-14-23)20(24)10-8-18-5-3-4-6-18/h7,9,15,18H,3-6,8,10-14H2,1-2H3. The molecule has 136 valence electrons. The van der Waals surface area contributed by atoms with E-state index in [1.807, 2.05) is 34.9 Å². The maximum Gasteiger partial charge on any atom is 0.253 e. The smallest absolute Gasteiger partial charge is 0.253 e. The lowest BCUT2D eigenvalue weighted by Gasteiger charge is -2.35. The van der Waals surface area contributed by atoms with Crippen molar-refractivity contribution >= 4 is 11.8 Å². The lowest BCUT2D eigenvalue weighted by molar-refractivity contribution is -0.133. The third-order valence-corrected chi connectivity index (χ3v) is 5.91. The van der Waals surface area contributed by atoms with Crippen LogP contribution < -0.4 is 0 Å². The second kappa shape index (κ2) is 8.03. The third-order valence-electron chi connectivity index (χ3n) is 5.91. The fourth-order valence-corrected chi connectivity index (χ4v) is 4.00.